The molecule has 1 fully saturated rings. The largest absolute Gasteiger partial charge is 0.419 e. The molecule has 0 aliphatic carbocycles. The average molecular weight is 425 g/mol. The van der Waals surface area contributed by atoms with Gasteiger partial charge in [-0.3, -0.25) is 9.78 Å². The Morgan fingerprint density at radius 1 is 1.14 bits per heavy atom. The molecule has 4 heterocycles. The molecule has 1 saturated heterocycles. The first-order valence-corrected chi connectivity index (χ1v) is 8.82. The van der Waals surface area contributed by atoms with Crippen molar-refractivity contribution in [2.45, 2.75) is 6.23 Å². The first-order chi connectivity index (χ1) is 13.0. The summed E-state index contributed by atoms with van der Waals surface area (Å²) < 4.78 is 5.68. The number of halogens is 2. The van der Waals surface area contributed by atoms with E-state index in [1.807, 2.05) is 7.05 Å². The van der Waals surface area contributed by atoms with E-state index in [9.17, 15) is 9.59 Å². The molecule has 0 N–H and O–H groups in total. The Kier molecular flexibility index (Phi) is 5.97. The maximum absolute atomic E-state index is 12.8. The maximum Gasteiger partial charge on any atom is 0.412 e. The van der Waals surface area contributed by atoms with Gasteiger partial charge in [-0.2, -0.15) is 0 Å². The molecule has 0 saturated carbocycles. The smallest absolute Gasteiger partial charge is 0.412 e. The number of piperazine rings is 1. The predicted molar refractivity (Wildman–Crippen MR) is 104 cm³/mol. The van der Waals surface area contributed by atoms with Gasteiger partial charge in [-0.1, -0.05) is 11.6 Å². The summed E-state index contributed by atoms with van der Waals surface area (Å²) in [4.78, 5) is 43.0. The Morgan fingerprint density at radius 2 is 1.86 bits per heavy atom. The molecule has 1 atom stereocenters. The fourth-order valence-electron chi connectivity index (χ4n) is 3.04. The highest BCUT2D eigenvalue weighted by Gasteiger charge is 2.44. The lowest BCUT2D eigenvalue weighted by Crippen LogP contribution is -2.48. The average Bonchev–Trinajstić information content (AvgIpc) is 2.95. The number of hydrogen-bond donors (Lipinski definition) is 0. The Bertz CT molecular complexity index is 873. The number of likely N-dealkylation sites (N-methyl/N-ethyl adjacent to an activating group) is 1. The van der Waals surface area contributed by atoms with E-state index >= 15 is 0 Å². The van der Waals surface area contributed by atoms with Crippen LogP contribution in [0.3, 0.4) is 0 Å². The van der Waals surface area contributed by atoms with Crippen LogP contribution in [0.5, 0.6) is 0 Å². The van der Waals surface area contributed by atoms with E-state index in [0.29, 0.717) is 29.6 Å². The van der Waals surface area contributed by atoms with Crippen LogP contribution in [-0.2, 0) is 4.74 Å². The number of carbonyl (C=O) groups excluding carboxylic acids is 2. The molecule has 11 heteroatoms. The van der Waals surface area contributed by atoms with Gasteiger partial charge in [0.05, 0.1) is 5.02 Å². The highest BCUT2D eigenvalue weighted by atomic mass is 35.5. The van der Waals surface area contributed by atoms with Crippen LogP contribution >= 0.6 is 24.0 Å². The van der Waals surface area contributed by atoms with Crippen molar-refractivity contribution < 1.29 is 14.3 Å². The summed E-state index contributed by atoms with van der Waals surface area (Å²) in [6.07, 6.45) is 2.78. The van der Waals surface area contributed by atoms with Gasteiger partial charge in [0.1, 0.15) is 11.5 Å². The maximum atomic E-state index is 12.8. The number of fused-ring (bicyclic) bond motifs is 1. The van der Waals surface area contributed by atoms with E-state index < -0.39 is 18.2 Å². The highest BCUT2D eigenvalue weighted by Crippen LogP contribution is 2.35. The molecule has 0 spiro atoms. The summed E-state index contributed by atoms with van der Waals surface area (Å²) in [5, 5.41) is 0.435. The Hall–Kier alpha value is -2.49. The Morgan fingerprint density at radius 3 is 2.54 bits per heavy atom. The second-order valence-corrected chi connectivity index (χ2v) is 6.76. The van der Waals surface area contributed by atoms with Gasteiger partial charge in [0, 0.05) is 44.8 Å². The molecule has 9 nitrogen and oxygen atoms in total. The molecule has 2 aromatic rings. The number of nitrogens with zero attached hydrogens (tertiary/aromatic N) is 6. The van der Waals surface area contributed by atoms with Crippen molar-refractivity contribution in [1.82, 2.24) is 24.8 Å². The summed E-state index contributed by atoms with van der Waals surface area (Å²) in [5.74, 6) is -0.121. The van der Waals surface area contributed by atoms with E-state index in [2.05, 4.69) is 19.9 Å². The Balaban J connectivity index is 0.00000225. The third-order valence-electron chi connectivity index (χ3n) is 4.55. The number of amides is 2. The van der Waals surface area contributed by atoms with Crippen LogP contribution in [0.25, 0.3) is 0 Å². The molecule has 0 unspecified atom stereocenters. The molecular formula is C17H18Cl2N6O3. The number of pyridine rings is 1. The molecular weight excluding hydrogens is 407 g/mol. The SMILES string of the molecule is CN1CCN(C(=O)O[C@H]2c3nccnc3C(=O)N2c2ccc(Cl)cn2)CC1.Cl. The standard InChI is InChI=1S/C17H17ClN6O3.ClH/c1-22-6-8-23(9-7-22)17(26)27-16-14-13(19-4-5-20-14)15(25)24(16)12-3-2-11(18)10-21-12;/h2-5,10,16H,6-9H2,1H3;1H/t16-;/m0./s1. The van der Waals surface area contributed by atoms with Gasteiger partial charge in [-0.15, -0.1) is 12.4 Å². The molecule has 4 rings (SSSR count). The van der Waals surface area contributed by atoms with E-state index in [-0.39, 0.29) is 18.1 Å². The van der Waals surface area contributed by atoms with Crippen LogP contribution in [0.1, 0.15) is 22.4 Å². The minimum Gasteiger partial charge on any atom is -0.419 e. The molecule has 2 amide bonds. The van der Waals surface area contributed by atoms with Crippen molar-refractivity contribution in [3.05, 3.63) is 47.1 Å². The second kappa shape index (κ2) is 8.26. The normalized spacial score (nSPS) is 19.2. The molecule has 0 bridgehead atoms. The van der Waals surface area contributed by atoms with Crippen molar-refractivity contribution in [2.24, 2.45) is 0 Å². The van der Waals surface area contributed by atoms with Crippen LogP contribution in [0, 0.1) is 0 Å². The van der Waals surface area contributed by atoms with Crippen LogP contribution in [0.15, 0.2) is 30.7 Å². The van der Waals surface area contributed by atoms with Crippen LogP contribution in [-0.4, -0.2) is 70.0 Å². The molecule has 0 radical (unpaired) electrons. The van der Waals surface area contributed by atoms with E-state index in [4.69, 9.17) is 16.3 Å². The summed E-state index contributed by atoms with van der Waals surface area (Å²) in [6.45, 7) is 2.64. The zero-order valence-electron chi connectivity index (χ0n) is 15.0. The monoisotopic (exact) mass is 424 g/mol. The first-order valence-electron chi connectivity index (χ1n) is 8.44. The Labute approximate surface area is 172 Å². The lowest BCUT2D eigenvalue weighted by molar-refractivity contribution is 0.0476. The number of anilines is 1. The summed E-state index contributed by atoms with van der Waals surface area (Å²) >= 11 is 5.89. The summed E-state index contributed by atoms with van der Waals surface area (Å²) in [5.41, 5.74) is 0.437. The number of hydrogen-bond acceptors (Lipinski definition) is 7. The third kappa shape index (κ3) is 3.73. The van der Waals surface area contributed by atoms with Gasteiger partial charge in [-0.05, 0) is 19.2 Å². The molecule has 2 aromatic heterocycles. The lowest BCUT2D eigenvalue weighted by atomic mass is 10.3. The second-order valence-electron chi connectivity index (χ2n) is 6.33. The molecule has 148 valence electrons. The zero-order valence-corrected chi connectivity index (χ0v) is 16.6. The van der Waals surface area contributed by atoms with Crippen LogP contribution in [0.2, 0.25) is 5.02 Å². The van der Waals surface area contributed by atoms with Crippen molar-refractivity contribution in [1.29, 1.82) is 0 Å². The quantitative estimate of drug-likeness (QED) is 0.727. The number of aromatic nitrogens is 3. The fourth-order valence-corrected chi connectivity index (χ4v) is 3.15. The predicted octanol–water partition coefficient (Wildman–Crippen LogP) is 1.99. The highest BCUT2D eigenvalue weighted by molar-refractivity contribution is 6.30. The summed E-state index contributed by atoms with van der Waals surface area (Å²) in [7, 11) is 2.00. The minimum atomic E-state index is -1.03. The molecule has 2 aliphatic rings. The first kappa shape index (κ1) is 20.2. The molecule has 28 heavy (non-hydrogen) atoms. The van der Waals surface area contributed by atoms with Gasteiger partial charge in [0.25, 0.3) is 5.91 Å². The summed E-state index contributed by atoms with van der Waals surface area (Å²) in [6, 6.07) is 3.20. The topological polar surface area (TPSA) is 91.8 Å². The fraction of sp³-hybridized carbons (Fsp3) is 0.353. The van der Waals surface area contributed by atoms with Crippen LogP contribution in [0.4, 0.5) is 10.6 Å². The van der Waals surface area contributed by atoms with Crippen molar-refractivity contribution in [3.63, 3.8) is 0 Å². The van der Waals surface area contributed by atoms with Crippen molar-refractivity contribution in [2.75, 3.05) is 38.1 Å². The molecule has 2 aliphatic heterocycles. The van der Waals surface area contributed by atoms with E-state index in [1.165, 1.54) is 23.5 Å². The van der Waals surface area contributed by atoms with Gasteiger partial charge < -0.3 is 14.5 Å². The van der Waals surface area contributed by atoms with Gasteiger partial charge in [0.15, 0.2) is 5.69 Å². The van der Waals surface area contributed by atoms with Crippen molar-refractivity contribution in [3.8, 4) is 0 Å². The van der Waals surface area contributed by atoms with Crippen LogP contribution < -0.4 is 4.90 Å². The van der Waals surface area contributed by atoms with E-state index in [0.717, 1.165) is 13.1 Å². The van der Waals surface area contributed by atoms with Gasteiger partial charge in [0.2, 0.25) is 6.23 Å². The van der Waals surface area contributed by atoms with Crippen molar-refractivity contribution >= 4 is 41.8 Å². The molecule has 0 aromatic carbocycles. The number of rotatable bonds is 2. The minimum absolute atomic E-state index is 0. The van der Waals surface area contributed by atoms with Gasteiger partial charge in [-0.25, -0.2) is 19.7 Å². The number of carbonyl (C=O) groups is 2. The lowest BCUT2D eigenvalue weighted by Gasteiger charge is -2.33. The van der Waals surface area contributed by atoms with Gasteiger partial charge >= 0.3 is 6.09 Å². The number of ether oxygens (including phenoxy) is 1. The van der Waals surface area contributed by atoms with E-state index in [1.54, 1.807) is 17.0 Å². The zero-order chi connectivity index (χ0) is 19.0. The third-order valence-corrected chi connectivity index (χ3v) is 4.77.